The second kappa shape index (κ2) is 6.46. The summed E-state index contributed by atoms with van der Waals surface area (Å²) in [5.74, 6) is 0. The molecular formula is C13H22N2. The molecule has 0 aliphatic rings. The zero-order valence-electron chi connectivity index (χ0n) is 9.87. The van der Waals surface area contributed by atoms with Gasteiger partial charge in [-0.15, -0.1) is 0 Å². The fourth-order valence-electron chi connectivity index (χ4n) is 1.79. The average Bonchev–Trinajstić information content (AvgIpc) is 2.21. The molecule has 0 atom stereocenters. The van der Waals surface area contributed by atoms with E-state index in [1.165, 1.54) is 24.9 Å². The Morgan fingerprint density at radius 3 is 2.60 bits per heavy atom. The molecule has 0 heterocycles. The van der Waals surface area contributed by atoms with Gasteiger partial charge in [0.05, 0.1) is 0 Å². The van der Waals surface area contributed by atoms with Crippen LogP contribution in [0.25, 0.3) is 0 Å². The fraction of sp³-hybridized carbons (Fsp3) is 0.538. The SMILES string of the molecule is CCCN(C)CCCc1ccccc1N. The number of benzene rings is 1. The number of nitrogen functional groups attached to an aromatic ring is 1. The zero-order chi connectivity index (χ0) is 11.1. The van der Waals surface area contributed by atoms with Crippen molar-refractivity contribution in [3.63, 3.8) is 0 Å². The van der Waals surface area contributed by atoms with Crippen molar-refractivity contribution in [2.45, 2.75) is 26.2 Å². The topological polar surface area (TPSA) is 29.3 Å². The van der Waals surface area contributed by atoms with Gasteiger partial charge in [0.25, 0.3) is 0 Å². The van der Waals surface area contributed by atoms with Gasteiger partial charge in [0.1, 0.15) is 0 Å². The highest BCUT2D eigenvalue weighted by Crippen LogP contribution is 2.12. The maximum Gasteiger partial charge on any atom is 0.0346 e. The number of para-hydroxylation sites is 1. The van der Waals surface area contributed by atoms with Gasteiger partial charge in [-0.05, 0) is 51.0 Å². The molecule has 0 bridgehead atoms. The lowest BCUT2D eigenvalue weighted by Gasteiger charge is -2.15. The van der Waals surface area contributed by atoms with Crippen LogP contribution in [0.2, 0.25) is 0 Å². The minimum Gasteiger partial charge on any atom is -0.399 e. The normalized spacial score (nSPS) is 10.9. The molecule has 2 heteroatoms. The summed E-state index contributed by atoms with van der Waals surface area (Å²) in [4.78, 5) is 2.37. The van der Waals surface area contributed by atoms with E-state index >= 15 is 0 Å². The van der Waals surface area contributed by atoms with E-state index in [0.717, 1.165) is 18.7 Å². The number of anilines is 1. The Kier molecular flexibility index (Phi) is 5.19. The number of rotatable bonds is 6. The van der Waals surface area contributed by atoms with E-state index in [4.69, 9.17) is 5.73 Å². The smallest absolute Gasteiger partial charge is 0.0346 e. The largest absolute Gasteiger partial charge is 0.399 e. The Morgan fingerprint density at radius 2 is 1.93 bits per heavy atom. The molecular weight excluding hydrogens is 184 g/mol. The highest BCUT2D eigenvalue weighted by atomic mass is 15.1. The maximum absolute atomic E-state index is 5.88. The van der Waals surface area contributed by atoms with Gasteiger partial charge in [-0.1, -0.05) is 25.1 Å². The molecule has 1 aromatic carbocycles. The van der Waals surface area contributed by atoms with E-state index in [2.05, 4.69) is 31.0 Å². The van der Waals surface area contributed by atoms with Crippen LogP contribution < -0.4 is 5.73 Å². The van der Waals surface area contributed by atoms with E-state index < -0.39 is 0 Å². The van der Waals surface area contributed by atoms with Gasteiger partial charge in [0.15, 0.2) is 0 Å². The van der Waals surface area contributed by atoms with E-state index in [1.54, 1.807) is 0 Å². The Balaban J connectivity index is 2.29. The van der Waals surface area contributed by atoms with Crippen molar-refractivity contribution < 1.29 is 0 Å². The Labute approximate surface area is 93.1 Å². The highest BCUT2D eigenvalue weighted by Gasteiger charge is 1.99. The van der Waals surface area contributed by atoms with Crippen molar-refractivity contribution in [2.75, 3.05) is 25.9 Å². The second-order valence-corrected chi connectivity index (χ2v) is 4.11. The fourth-order valence-corrected chi connectivity index (χ4v) is 1.79. The van der Waals surface area contributed by atoms with Crippen LogP contribution in [0.15, 0.2) is 24.3 Å². The number of nitrogens with two attached hydrogens (primary N) is 1. The molecule has 0 fully saturated rings. The van der Waals surface area contributed by atoms with Crippen LogP contribution in [0.5, 0.6) is 0 Å². The molecule has 2 N–H and O–H groups in total. The summed E-state index contributed by atoms with van der Waals surface area (Å²) < 4.78 is 0. The summed E-state index contributed by atoms with van der Waals surface area (Å²) in [6.45, 7) is 4.55. The molecule has 0 saturated heterocycles. The van der Waals surface area contributed by atoms with Crippen molar-refractivity contribution in [2.24, 2.45) is 0 Å². The predicted molar refractivity (Wildman–Crippen MR) is 67.0 cm³/mol. The standard InChI is InChI=1S/C13H22N2/c1-3-10-15(2)11-6-8-12-7-4-5-9-13(12)14/h4-5,7,9H,3,6,8,10-11,14H2,1-2H3. The predicted octanol–water partition coefficient (Wildman–Crippen LogP) is 2.54. The van der Waals surface area contributed by atoms with Crippen molar-refractivity contribution in [1.29, 1.82) is 0 Å². The summed E-state index contributed by atoms with van der Waals surface area (Å²) in [5.41, 5.74) is 8.09. The summed E-state index contributed by atoms with van der Waals surface area (Å²) in [6.07, 6.45) is 3.50. The van der Waals surface area contributed by atoms with Crippen LogP contribution in [0.4, 0.5) is 5.69 Å². The minimum absolute atomic E-state index is 0.927. The van der Waals surface area contributed by atoms with Crippen molar-refractivity contribution in [3.8, 4) is 0 Å². The minimum atomic E-state index is 0.927. The summed E-state index contributed by atoms with van der Waals surface area (Å²) in [6, 6.07) is 8.14. The Morgan fingerprint density at radius 1 is 1.20 bits per heavy atom. The van der Waals surface area contributed by atoms with Crippen molar-refractivity contribution in [3.05, 3.63) is 29.8 Å². The average molecular weight is 206 g/mol. The Bertz CT molecular complexity index is 284. The van der Waals surface area contributed by atoms with Gasteiger partial charge < -0.3 is 10.6 Å². The number of aryl methyl sites for hydroxylation is 1. The Hall–Kier alpha value is -1.02. The van der Waals surface area contributed by atoms with E-state index in [9.17, 15) is 0 Å². The van der Waals surface area contributed by atoms with E-state index in [-0.39, 0.29) is 0 Å². The van der Waals surface area contributed by atoms with E-state index in [1.807, 2.05) is 12.1 Å². The first-order valence-electron chi connectivity index (χ1n) is 5.76. The number of hydrogen-bond donors (Lipinski definition) is 1. The molecule has 15 heavy (non-hydrogen) atoms. The first-order valence-corrected chi connectivity index (χ1v) is 5.76. The zero-order valence-corrected chi connectivity index (χ0v) is 9.87. The summed E-state index contributed by atoms with van der Waals surface area (Å²) >= 11 is 0. The number of hydrogen-bond acceptors (Lipinski definition) is 2. The van der Waals surface area contributed by atoms with Crippen LogP contribution in [-0.4, -0.2) is 25.0 Å². The maximum atomic E-state index is 5.88. The summed E-state index contributed by atoms with van der Waals surface area (Å²) in [7, 11) is 2.18. The summed E-state index contributed by atoms with van der Waals surface area (Å²) in [5, 5.41) is 0. The molecule has 0 spiro atoms. The third-order valence-corrected chi connectivity index (χ3v) is 2.65. The van der Waals surface area contributed by atoms with Crippen LogP contribution >= 0.6 is 0 Å². The molecule has 0 amide bonds. The number of nitrogens with zero attached hydrogens (tertiary/aromatic N) is 1. The molecule has 84 valence electrons. The molecule has 0 aromatic heterocycles. The van der Waals surface area contributed by atoms with Crippen molar-refractivity contribution in [1.82, 2.24) is 4.90 Å². The lowest BCUT2D eigenvalue weighted by Crippen LogP contribution is -2.20. The van der Waals surface area contributed by atoms with Gasteiger partial charge in [-0.25, -0.2) is 0 Å². The van der Waals surface area contributed by atoms with Gasteiger partial charge in [0.2, 0.25) is 0 Å². The highest BCUT2D eigenvalue weighted by molar-refractivity contribution is 5.46. The monoisotopic (exact) mass is 206 g/mol. The molecule has 1 aromatic rings. The second-order valence-electron chi connectivity index (χ2n) is 4.11. The molecule has 0 unspecified atom stereocenters. The van der Waals surface area contributed by atoms with Gasteiger partial charge >= 0.3 is 0 Å². The third-order valence-electron chi connectivity index (χ3n) is 2.65. The molecule has 0 aliphatic carbocycles. The third kappa shape index (κ3) is 4.34. The molecule has 1 rings (SSSR count). The quantitative estimate of drug-likeness (QED) is 0.725. The lowest BCUT2D eigenvalue weighted by atomic mass is 10.1. The first-order chi connectivity index (χ1) is 7.24. The lowest BCUT2D eigenvalue weighted by molar-refractivity contribution is 0.330. The van der Waals surface area contributed by atoms with Gasteiger partial charge in [-0.3, -0.25) is 0 Å². The van der Waals surface area contributed by atoms with Crippen LogP contribution in [0.1, 0.15) is 25.3 Å². The molecule has 0 saturated carbocycles. The van der Waals surface area contributed by atoms with E-state index in [0.29, 0.717) is 0 Å². The van der Waals surface area contributed by atoms with Crippen LogP contribution in [-0.2, 0) is 6.42 Å². The van der Waals surface area contributed by atoms with Crippen LogP contribution in [0.3, 0.4) is 0 Å². The molecule has 2 nitrogen and oxygen atoms in total. The van der Waals surface area contributed by atoms with Gasteiger partial charge in [0, 0.05) is 5.69 Å². The molecule has 0 radical (unpaired) electrons. The van der Waals surface area contributed by atoms with Gasteiger partial charge in [-0.2, -0.15) is 0 Å². The van der Waals surface area contributed by atoms with Crippen molar-refractivity contribution >= 4 is 5.69 Å². The van der Waals surface area contributed by atoms with Crippen LogP contribution in [0, 0.1) is 0 Å². The first kappa shape index (κ1) is 12.1. The molecule has 0 aliphatic heterocycles.